The highest BCUT2D eigenvalue weighted by molar-refractivity contribution is 5.58. The van der Waals surface area contributed by atoms with E-state index in [1.807, 2.05) is 0 Å². The third kappa shape index (κ3) is 5.06. The Bertz CT molecular complexity index is 1390. The summed E-state index contributed by atoms with van der Waals surface area (Å²) in [7, 11) is 0. The van der Waals surface area contributed by atoms with E-state index in [0.717, 1.165) is 36.4 Å². The van der Waals surface area contributed by atoms with Gasteiger partial charge >= 0.3 is 12.4 Å². The molecule has 4 rings (SSSR count). The number of nitrogens with two attached hydrogens (primary N) is 2. The van der Waals surface area contributed by atoms with Crippen LogP contribution < -0.4 is 20.9 Å². The molecular weight excluding hydrogens is 522 g/mol. The average Bonchev–Trinajstić information content (AvgIpc) is 2.84. The molecule has 0 spiro atoms. The van der Waals surface area contributed by atoms with Crippen molar-refractivity contribution in [3.8, 4) is 23.0 Å². The van der Waals surface area contributed by atoms with Crippen LogP contribution in [0.3, 0.4) is 0 Å². The topological polar surface area (TPSA) is 70.5 Å². The molecule has 0 saturated carbocycles. The van der Waals surface area contributed by atoms with Crippen LogP contribution in [0.15, 0.2) is 84.9 Å². The van der Waals surface area contributed by atoms with Crippen molar-refractivity contribution in [3.05, 3.63) is 107 Å². The lowest BCUT2D eigenvalue weighted by Gasteiger charge is -2.39. The molecule has 4 N–H and O–H groups in total. The number of nitrogen functional groups attached to an aromatic ring is 2. The molecule has 0 aliphatic carbocycles. The molecule has 4 aromatic rings. The van der Waals surface area contributed by atoms with Crippen molar-refractivity contribution in [2.24, 2.45) is 0 Å². The van der Waals surface area contributed by atoms with Gasteiger partial charge < -0.3 is 20.9 Å². The summed E-state index contributed by atoms with van der Waals surface area (Å²) in [6, 6.07) is 16.9. The first kappa shape index (κ1) is 27.7. The summed E-state index contributed by atoms with van der Waals surface area (Å²) < 4.78 is 102. The van der Waals surface area contributed by atoms with E-state index >= 15 is 26.3 Å². The molecule has 0 radical (unpaired) electrons. The van der Waals surface area contributed by atoms with E-state index in [9.17, 15) is 0 Å². The third-order valence-corrected chi connectivity index (χ3v) is 6.37. The molecule has 204 valence electrons. The number of hydrogen-bond acceptors (Lipinski definition) is 4. The molecular formula is C29H24F6N2O2. The Labute approximate surface area is 220 Å². The SMILES string of the molecule is Cc1cc(Oc2ccccc2C(c2ccccc2Oc2ccc(N)c(C)c2)(C(F)(F)F)C(F)(F)F)ccc1N. The molecule has 0 saturated heterocycles. The number of anilines is 2. The molecule has 0 aliphatic heterocycles. The van der Waals surface area contributed by atoms with Gasteiger partial charge in [0.15, 0.2) is 0 Å². The zero-order chi connectivity index (χ0) is 28.6. The number of alkyl halides is 6. The average molecular weight is 547 g/mol. The van der Waals surface area contributed by atoms with Gasteiger partial charge in [-0.2, -0.15) is 26.3 Å². The molecule has 0 atom stereocenters. The van der Waals surface area contributed by atoms with Crippen LogP contribution in [0.5, 0.6) is 23.0 Å². The van der Waals surface area contributed by atoms with E-state index in [1.165, 1.54) is 48.5 Å². The van der Waals surface area contributed by atoms with Crippen LogP contribution in [0.1, 0.15) is 22.3 Å². The van der Waals surface area contributed by atoms with Gasteiger partial charge in [-0.3, -0.25) is 0 Å². The Balaban J connectivity index is 1.98. The number of benzene rings is 4. The Kier molecular flexibility index (Phi) is 7.16. The first-order chi connectivity index (χ1) is 18.3. The van der Waals surface area contributed by atoms with Gasteiger partial charge in [-0.05, 0) is 73.5 Å². The quantitative estimate of drug-likeness (QED) is 0.188. The lowest BCUT2D eigenvalue weighted by Crippen LogP contribution is -2.55. The van der Waals surface area contributed by atoms with Gasteiger partial charge in [0.05, 0.1) is 0 Å². The lowest BCUT2D eigenvalue weighted by molar-refractivity contribution is -0.289. The Morgan fingerprint density at radius 1 is 0.538 bits per heavy atom. The molecule has 0 bridgehead atoms. The monoisotopic (exact) mass is 546 g/mol. The molecule has 0 aliphatic rings. The summed E-state index contributed by atoms with van der Waals surface area (Å²) in [6.07, 6.45) is -11.7. The molecule has 4 aromatic carbocycles. The van der Waals surface area contributed by atoms with Gasteiger partial charge in [0, 0.05) is 22.5 Å². The van der Waals surface area contributed by atoms with Gasteiger partial charge in [-0.15, -0.1) is 0 Å². The number of rotatable bonds is 6. The maximum Gasteiger partial charge on any atom is 0.411 e. The second-order valence-corrected chi connectivity index (χ2v) is 8.98. The third-order valence-electron chi connectivity index (χ3n) is 6.37. The largest absolute Gasteiger partial charge is 0.457 e. The van der Waals surface area contributed by atoms with E-state index in [2.05, 4.69) is 0 Å². The maximum atomic E-state index is 15.1. The van der Waals surface area contributed by atoms with E-state index in [-0.39, 0.29) is 11.5 Å². The molecule has 0 heterocycles. The molecule has 10 heteroatoms. The van der Waals surface area contributed by atoms with Crippen LogP contribution in [-0.2, 0) is 5.41 Å². The minimum Gasteiger partial charge on any atom is -0.457 e. The van der Waals surface area contributed by atoms with Crippen molar-refractivity contribution in [2.45, 2.75) is 31.6 Å². The van der Waals surface area contributed by atoms with Crippen molar-refractivity contribution < 1.29 is 35.8 Å². The smallest absolute Gasteiger partial charge is 0.411 e. The van der Waals surface area contributed by atoms with Crippen LogP contribution in [0.2, 0.25) is 0 Å². The van der Waals surface area contributed by atoms with Crippen molar-refractivity contribution in [3.63, 3.8) is 0 Å². The highest BCUT2D eigenvalue weighted by Crippen LogP contribution is 2.60. The summed E-state index contributed by atoms with van der Waals surface area (Å²) in [4.78, 5) is 0. The number of ether oxygens (including phenoxy) is 2. The zero-order valence-corrected chi connectivity index (χ0v) is 20.8. The fraction of sp³-hybridized carbons (Fsp3) is 0.172. The molecule has 0 amide bonds. The van der Waals surface area contributed by atoms with Crippen LogP contribution in [0.4, 0.5) is 37.7 Å². The van der Waals surface area contributed by atoms with Crippen molar-refractivity contribution >= 4 is 11.4 Å². The summed E-state index contributed by atoms with van der Waals surface area (Å²) in [5.41, 5.74) is 6.64. The predicted octanol–water partition coefficient (Wildman–Crippen LogP) is 8.46. The van der Waals surface area contributed by atoms with Crippen molar-refractivity contribution in [1.29, 1.82) is 0 Å². The molecule has 0 fully saturated rings. The summed E-state index contributed by atoms with van der Waals surface area (Å²) in [5.74, 6) is -1.22. The van der Waals surface area contributed by atoms with Gasteiger partial charge in [0.2, 0.25) is 5.41 Å². The van der Waals surface area contributed by atoms with E-state index < -0.39 is 40.4 Å². The fourth-order valence-corrected chi connectivity index (χ4v) is 4.32. The molecule has 0 aromatic heterocycles. The van der Waals surface area contributed by atoms with Crippen LogP contribution in [0.25, 0.3) is 0 Å². The van der Waals surface area contributed by atoms with Crippen molar-refractivity contribution in [2.75, 3.05) is 11.5 Å². The first-order valence-corrected chi connectivity index (χ1v) is 11.7. The molecule has 0 unspecified atom stereocenters. The Hall–Kier alpha value is -4.34. The summed E-state index contributed by atoms with van der Waals surface area (Å²) in [6.45, 7) is 3.27. The van der Waals surface area contributed by atoms with Crippen LogP contribution in [0, 0.1) is 13.8 Å². The highest BCUT2D eigenvalue weighted by atomic mass is 19.4. The summed E-state index contributed by atoms with van der Waals surface area (Å²) in [5, 5.41) is 0. The second-order valence-electron chi connectivity index (χ2n) is 8.98. The second kappa shape index (κ2) is 10.1. The van der Waals surface area contributed by atoms with E-state index in [4.69, 9.17) is 20.9 Å². The number of para-hydroxylation sites is 2. The van der Waals surface area contributed by atoms with Gasteiger partial charge in [-0.25, -0.2) is 0 Å². The minimum atomic E-state index is -5.86. The normalized spacial score (nSPS) is 12.3. The standard InChI is InChI=1S/C29H24F6N2O2/c1-17-15-19(11-13-23(17)36)38-25-9-5-3-7-21(25)27(28(30,31)32,29(33,34)35)22-8-4-6-10-26(22)39-20-12-14-24(37)18(2)16-20/h3-16H,36-37H2,1-2H3. The van der Waals surface area contributed by atoms with Crippen LogP contribution >= 0.6 is 0 Å². The summed E-state index contributed by atoms with van der Waals surface area (Å²) >= 11 is 0. The number of hydrogen-bond donors (Lipinski definition) is 2. The van der Waals surface area contributed by atoms with Crippen molar-refractivity contribution in [1.82, 2.24) is 0 Å². The lowest BCUT2D eigenvalue weighted by atomic mass is 9.72. The van der Waals surface area contributed by atoms with Gasteiger partial charge in [0.25, 0.3) is 0 Å². The minimum absolute atomic E-state index is 0.0225. The Morgan fingerprint density at radius 3 is 1.23 bits per heavy atom. The van der Waals surface area contributed by atoms with E-state index in [1.54, 1.807) is 13.8 Å². The molecule has 39 heavy (non-hydrogen) atoms. The highest BCUT2D eigenvalue weighted by Gasteiger charge is 2.74. The fourth-order valence-electron chi connectivity index (χ4n) is 4.32. The maximum absolute atomic E-state index is 15.1. The zero-order valence-electron chi connectivity index (χ0n) is 20.8. The number of aryl methyl sites for hydroxylation is 2. The molecule has 4 nitrogen and oxygen atoms in total. The Morgan fingerprint density at radius 2 is 0.897 bits per heavy atom. The van der Waals surface area contributed by atoms with Crippen LogP contribution in [-0.4, -0.2) is 12.4 Å². The van der Waals surface area contributed by atoms with E-state index in [0.29, 0.717) is 22.5 Å². The van der Waals surface area contributed by atoms with Gasteiger partial charge in [0.1, 0.15) is 23.0 Å². The first-order valence-electron chi connectivity index (χ1n) is 11.7. The number of halogens is 6. The predicted molar refractivity (Wildman–Crippen MR) is 137 cm³/mol. The van der Waals surface area contributed by atoms with Gasteiger partial charge in [-0.1, -0.05) is 36.4 Å².